The molecule has 40 heavy (non-hydrogen) atoms. The maximum Gasteiger partial charge on any atom is 0.301 e. The van der Waals surface area contributed by atoms with Crippen LogP contribution >= 0.6 is 11.3 Å². The van der Waals surface area contributed by atoms with Crippen LogP contribution in [0.3, 0.4) is 0 Å². The summed E-state index contributed by atoms with van der Waals surface area (Å²) in [6, 6.07) is 17.2. The smallest absolute Gasteiger partial charge is 0.301 e. The van der Waals surface area contributed by atoms with E-state index in [1.165, 1.54) is 52.4 Å². The lowest BCUT2D eigenvalue weighted by atomic mass is 10.1. The highest BCUT2D eigenvalue weighted by molar-refractivity contribution is 7.12. The zero-order valence-corrected chi connectivity index (χ0v) is 21.8. The van der Waals surface area contributed by atoms with Crippen LogP contribution in [0.2, 0.25) is 0 Å². The van der Waals surface area contributed by atoms with Gasteiger partial charge in [-0.3, -0.25) is 30.1 Å². The molecule has 200 valence electrons. The Bertz CT molecular complexity index is 1820. The van der Waals surface area contributed by atoms with Gasteiger partial charge < -0.3 is 4.74 Å². The minimum atomic E-state index is -0.575. The number of hydrogen-bond donors (Lipinski definition) is 1. The maximum absolute atomic E-state index is 13.5. The number of H-pyrrole nitrogens is 1. The van der Waals surface area contributed by atoms with Crippen molar-refractivity contribution in [3.8, 4) is 33.4 Å². The number of ether oxygens (including phenoxy) is 1. The Hall–Kier alpha value is -5.50. The fourth-order valence-electron chi connectivity index (χ4n) is 3.83. The van der Waals surface area contributed by atoms with Gasteiger partial charge in [0, 0.05) is 40.3 Å². The number of nitro groups is 2. The van der Waals surface area contributed by atoms with Crippen LogP contribution in [0.5, 0.6) is 5.75 Å². The average Bonchev–Trinajstić information content (AvgIpc) is 3.57. The summed E-state index contributed by atoms with van der Waals surface area (Å²) >= 11 is 1.22. The molecule has 5 aromatic rings. The van der Waals surface area contributed by atoms with Crippen LogP contribution in [0.4, 0.5) is 22.7 Å². The molecule has 0 fully saturated rings. The predicted octanol–water partition coefficient (Wildman–Crippen LogP) is 6.50. The van der Waals surface area contributed by atoms with Crippen molar-refractivity contribution in [3.05, 3.63) is 108 Å². The molecule has 0 atom stereocenters. The van der Waals surface area contributed by atoms with Gasteiger partial charge in [0.2, 0.25) is 5.13 Å². The highest BCUT2D eigenvalue weighted by atomic mass is 32.1. The normalized spacial score (nSPS) is 11.2. The van der Waals surface area contributed by atoms with Gasteiger partial charge in [0.1, 0.15) is 5.75 Å². The van der Waals surface area contributed by atoms with E-state index in [-0.39, 0.29) is 28.4 Å². The Morgan fingerprint density at radius 1 is 0.950 bits per heavy atom. The third-order valence-corrected chi connectivity index (χ3v) is 6.78. The van der Waals surface area contributed by atoms with Gasteiger partial charge >= 0.3 is 5.56 Å². The van der Waals surface area contributed by atoms with Crippen molar-refractivity contribution in [2.75, 3.05) is 7.11 Å². The van der Waals surface area contributed by atoms with E-state index < -0.39 is 15.4 Å². The molecule has 2 aromatic heterocycles. The molecule has 0 unspecified atom stereocenters. The number of aromatic nitrogens is 3. The van der Waals surface area contributed by atoms with Crippen molar-refractivity contribution in [1.29, 1.82) is 0 Å². The Morgan fingerprint density at radius 3 is 2.30 bits per heavy atom. The van der Waals surface area contributed by atoms with Crippen molar-refractivity contribution in [3.63, 3.8) is 0 Å². The third kappa shape index (κ3) is 5.10. The quantitative estimate of drug-likeness (QED) is 0.129. The molecule has 14 heteroatoms. The lowest BCUT2D eigenvalue weighted by Gasteiger charge is -2.01. The first-order valence-corrected chi connectivity index (χ1v) is 12.5. The fraction of sp³-hybridized carbons (Fsp3) is 0.0769. The van der Waals surface area contributed by atoms with Crippen LogP contribution in [0.1, 0.15) is 5.56 Å². The summed E-state index contributed by atoms with van der Waals surface area (Å²) in [5.41, 5.74) is 1.84. The number of aryl methyl sites for hydroxylation is 1. The third-order valence-electron chi connectivity index (χ3n) is 5.96. The summed E-state index contributed by atoms with van der Waals surface area (Å²) in [6.07, 6.45) is 0. The molecule has 13 nitrogen and oxygen atoms in total. The largest absolute Gasteiger partial charge is 0.497 e. The lowest BCUT2D eigenvalue weighted by Crippen LogP contribution is -2.13. The number of nitro benzene ring substituents is 2. The summed E-state index contributed by atoms with van der Waals surface area (Å²) in [5.74, 6) is 0.696. The number of non-ortho nitro benzene ring substituents is 1. The van der Waals surface area contributed by atoms with E-state index in [1.54, 1.807) is 37.6 Å². The molecule has 0 amide bonds. The van der Waals surface area contributed by atoms with E-state index in [1.807, 2.05) is 12.1 Å². The molecule has 5 rings (SSSR count). The van der Waals surface area contributed by atoms with E-state index in [4.69, 9.17) is 4.74 Å². The molecule has 0 aliphatic rings. The minimum absolute atomic E-state index is 0.0988. The summed E-state index contributed by atoms with van der Waals surface area (Å²) < 4.78 is 6.40. The highest BCUT2D eigenvalue weighted by Crippen LogP contribution is 2.32. The van der Waals surface area contributed by atoms with Crippen molar-refractivity contribution in [2.45, 2.75) is 6.92 Å². The molecular weight excluding hydrogens is 538 g/mol. The number of aromatic amines is 1. The monoisotopic (exact) mass is 557 g/mol. The van der Waals surface area contributed by atoms with Gasteiger partial charge in [0.25, 0.3) is 11.4 Å². The number of nitrogens with zero attached hydrogens (tertiary/aromatic N) is 6. The van der Waals surface area contributed by atoms with Crippen LogP contribution in [-0.2, 0) is 0 Å². The van der Waals surface area contributed by atoms with Crippen molar-refractivity contribution in [2.24, 2.45) is 10.2 Å². The second-order valence-corrected chi connectivity index (χ2v) is 9.29. The molecule has 0 aliphatic heterocycles. The van der Waals surface area contributed by atoms with Crippen LogP contribution in [0.15, 0.2) is 87.1 Å². The number of benzene rings is 3. The molecular formula is C26H19N7O6S. The van der Waals surface area contributed by atoms with E-state index >= 15 is 0 Å². The topological polar surface area (TPSA) is 171 Å². The van der Waals surface area contributed by atoms with Gasteiger partial charge in [0.05, 0.1) is 34.0 Å². The van der Waals surface area contributed by atoms with Gasteiger partial charge in [-0.25, -0.2) is 4.98 Å². The number of nitrogens with one attached hydrogen (secondary N) is 1. The fourth-order valence-corrected chi connectivity index (χ4v) is 4.62. The summed E-state index contributed by atoms with van der Waals surface area (Å²) in [6.45, 7) is 1.60. The zero-order chi connectivity index (χ0) is 28.4. The van der Waals surface area contributed by atoms with E-state index in [0.717, 1.165) is 5.56 Å². The Balaban J connectivity index is 1.59. The Morgan fingerprint density at radius 2 is 1.65 bits per heavy atom. The number of azo groups is 1. The molecule has 0 radical (unpaired) electrons. The molecule has 0 spiro atoms. The van der Waals surface area contributed by atoms with Crippen molar-refractivity contribution in [1.82, 2.24) is 14.8 Å². The van der Waals surface area contributed by atoms with Crippen molar-refractivity contribution < 1.29 is 14.6 Å². The lowest BCUT2D eigenvalue weighted by molar-refractivity contribution is -0.385. The molecule has 2 heterocycles. The van der Waals surface area contributed by atoms with Gasteiger partial charge in [-0.15, -0.1) is 16.5 Å². The van der Waals surface area contributed by atoms with E-state index in [0.29, 0.717) is 27.7 Å². The van der Waals surface area contributed by atoms with E-state index in [9.17, 15) is 25.0 Å². The van der Waals surface area contributed by atoms with Crippen LogP contribution in [0, 0.1) is 27.2 Å². The molecule has 0 saturated heterocycles. The second-order valence-electron chi connectivity index (χ2n) is 8.45. The first kappa shape index (κ1) is 26.1. The SMILES string of the molecule is COc1ccc(-c2csc(-n3[nH]c(-c4ccc([N+](=O)[O-])cc4)c(N=Nc4ccc(C)c([N+](=O)[O-])c4)c3=O)n2)cc1. The highest BCUT2D eigenvalue weighted by Gasteiger charge is 2.20. The maximum atomic E-state index is 13.5. The van der Waals surface area contributed by atoms with Crippen LogP contribution < -0.4 is 10.3 Å². The summed E-state index contributed by atoms with van der Waals surface area (Å²) in [7, 11) is 1.57. The van der Waals surface area contributed by atoms with Gasteiger partial charge in [-0.1, -0.05) is 6.07 Å². The van der Waals surface area contributed by atoms with Gasteiger partial charge in [-0.05, 0) is 49.4 Å². The zero-order valence-electron chi connectivity index (χ0n) is 21.0. The van der Waals surface area contributed by atoms with E-state index in [2.05, 4.69) is 20.3 Å². The van der Waals surface area contributed by atoms with Gasteiger partial charge in [-0.2, -0.15) is 9.80 Å². The van der Waals surface area contributed by atoms with Crippen molar-refractivity contribution >= 4 is 34.1 Å². The van der Waals surface area contributed by atoms with Crippen LogP contribution in [-0.4, -0.2) is 31.7 Å². The molecule has 0 saturated carbocycles. The van der Waals surface area contributed by atoms with Gasteiger partial charge in [0.15, 0.2) is 5.69 Å². The first-order chi connectivity index (χ1) is 19.2. The number of hydrogen-bond acceptors (Lipinski definition) is 10. The Kier molecular flexibility index (Phi) is 6.99. The predicted molar refractivity (Wildman–Crippen MR) is 148 cm³/mol. The summed E-state index contributed by atoms with van der Waals surface area (Å²) in [4.78, 5) is 39.5. The number of rotatable bonds is 8. The first-order valence-electron chi connectivity index (χ1n) is 11.6. The number of methoxy groups -OCH3 is 1. The Labute approximate surface area is 229 Å². The molecule has 3 aromatic carbocycles. The molecule has 0 bridgehead atoms. The average molecular weight is 558 g/mol. The van der Waals surface area contributed by atoms with Crippen LogP contribution in [0.25, 0.3) is 27.6 Å². The number of thiazole rings is 1. The summed E-state index contributed by atoms with van der Waals surface area (Å²) in [5, 5.41) is 35.8. The minimum Gasteiger partial charge on any atom is -0.497 e. The second kappa shape index (κ2) is 10.7. The standard InChI is InChI=1S/C26H19N7O6S/c1-15-3-8-18(13-22(15)33(37)38)28-29-24-23(17-4-9-19(10-5-17)32(35)36)30-31(25(24)34)26-27-21(14-40-26)16-6-11-20(39-2)12-7-16/h3-14,30H,1-2H3. The molecule has 1 N–H and O–H groups in total. The molecule has 0 aliphatic carbocycles.